The number of carboxylic acid groups (broad SMARTS) is 1. The highest BCUT2D eigenvalue weighted by atomic mass is 79.9. The maximum absolute atomic E-state index is 13.4. The number of hydrogen-bond donors (Lipinski definition) is 2. The summed E-state index contributed by atoms with van der Waals surface area (Å²) in [4.78, 5) is 42.2. The number of fused-ring (bicyclic) bond motifs is 2. The third kappa shape index (κ3) is 3.30. The van der Waals surface area contributed by atoms with E-state index < -0.39 is 5.97 Å². The second-order valence-corrected chi connectivity index (χ2v) is 8.10. The van der Waals surface area contributed by atoms with Crippen LogP contribution in [0.3, 0.4) is 0 Å². The molecular formula is C24H14BrN3O4. The van der Waals surface area contributed by atoms with Crippen molar-refractivity contribution in [1.29, 1.82) is 0 Å². The standard InChI is InChI=1S/C24H14BrN3O4/c25-14-8-9-20-17(11-14)18(22(29)27-20)12-21-26-19-7-2-1-6-16(19)23(30)28(21)15-5-3-4-13(10-15)24(31)32/h1-12H,(H,27,29)(H,31,32)/b18-12+. The summed E-state index contributed by atoms with van der Waals surface area (Å²) in [7, 11) is 0. The number of amides is 1. The summed E-state index contributed by atoms with van der Waals surface area (Å²) in [5.41, 5.74) is 2.18. The third-order valence-electron chi connectivity index (χ3n) is 5.19. The smallest absolute Gasteiger partial charge is 0.335 e. The SMILES string of the molecule is O=C1Nc2ccc(Br)cc2/C1=C\c1nc2ccccc2c(=O)n1-c1cccc(C(=O)O)c1. The number of carbonyl (C=O) groups excluding carboxylic acids is 1. The second-order valence-electron chi connectivity index (χ2n) is 7.19. The van der Waals surface area contributed by atoms with E-state index in [0.717, 1.165) is 4.47 Å². The minimum Gasteiger partial charge on any atom is -0.478 e. The van der Waals surface area contributed by atoms with E-state index >= 15 is 0 Å². The Morgan fingerprint density at radius 1 is 1.03 bits per heavy atom. The van der Waals surface area contributed by atoms with E-state index in [4.69, 9.17) is 0 Å². The van der Waals surface area contributed by atoms with Crippen LogP contribution in [0.15, 0.2) is 76.0 Å². The van der Waals surface area contributed by atoms with Gasteiger partial charge in [0.05, 0.1) is 27.7 Å². The van der Waals surface area contributed by atoms with Gasteiger partial charge in [-0.1, -0.05) is 34.1 Å². The fourth-order valence-corrected chi connectivity index (χ4v) is 4.07. The summed E-state index contributed by atoms with van der Waals surface area (Å²) < 4.78 is 2.13. The summed E-state index contributed by atoms with van der Waals surface area (Å²) in [6.45, 7) is 0. The number of anilines is 1. The van der Waals surface area contributed by atoms with Crippen molar-refractivity contribution in [2.24, 2.45) is 0 Å². The van der Waals surface area contributed by atoms with Crippen LogP contribution >= 0.6 is 15.9 Å². The van der Waals surface area contributed by atoms with E-state index in [1.807, 2.05) is 12.1 Å². The van der Waals surface area contributed by atoms with Crippen molar-refractivity contribution in [3.8, 4) is 5.69 Å². The Balaban J connectivity index is 1.82. The number of aromatic carboxylic acids is 1. The molecule has 0 spiro atoms. The Hall–Kier alpha value is -4.04. The Labute approximate surface area is 189 Å². The monoisotopic (exact) mass is 487 g/mol. The van der Waals surface area contributed by atoms with Crippen molar-refractivity contribution in [2.45, 2.75) is 0 Å². The Bertz CT molecular complexity index is 1540. The summed E-state index contributed by atoms with van der Waals surface area (Å²) >= 11 is 3.42. The van der Waals surface area contributed by atoms with Gasteiger partial charge < -0.3 is 10.4 Å². The number of para-hydroxylation sites is 1. The lowest BCUT2D eigenvalue weighted by atomic mass is 10.1. The zero-order valence-electron chi connectivity index (χ0n) is 16.4. The van der Waals surface area contributed by atoms with Crippen molar-refractivity contribution in [2.75, 3.05) is 5.32 Å². The van der Waals surface area contributed by atoms with Gasteiger partial charge in [0.1, 0.15) is 5.82 Å². The van der Waals surface area contributed by atoms with Crippen LogP contribution in [0.1, 0.15) is 21.7 Å². The molecule has 0 unspecified atom stereocenters. The quantitative estimate of drug-likeness (QED) is 0.418. The maximum atomic E-state index is 13.4. The van der Waals surface area contributed by atoms with Gasteiger partial charge in [-0.2, -0.15) is 0 Å². The molecule has 0 radical (unpaired) electrons. The number of hydrogen-bond acceptors (Lipinski definition) is 4. The number of halogens is 1. The van der Waals surface area contributed by atoms with Crippen LogP contribution in [0.25, 0.3) is 28.2 Å². The normalized spacial score (nSPS) is 13.9. The summed E-state index contributed by atoms with van der Waals surface area (Å²) in [5.74, 6) is -1.21. The fourth-order valence-electron chi connectivity index (χ4n) is 3.71. The average molecular weight is 488 g/mol. The van der Waals surface area contributed by atoms with Crippen LogP contribution in [-0.2, 0) is 4.79 Å². The molecule has 1 aliphatic rings. The lowest BCUT2D eigenvalue weighted by Crippen LogP contribution is -2.23. The van der Waals surface area contributed by atoms with E-state index in [-0.39, 0.29) is 22.9 Å². The van der Waals surface area contributed by atoms with Gasteiger partial charge in [-0.25, -0.2) is 9.78 Å². The number of nitrogens with one attached hydrogen (secondary N) is 1. The Morgan fingerprint density at radius 2 is 1.84 bits per heavy atom. The number of aromatic nitrogens is 2. The van der Waals surface area contributed by atoms with Gasteiger partial charge in [-0.05, 0) is 54.6 Å². The highest BCUT2D eigenvalue weighted by molar-refractivity contribution is 9.10. The van der Waals surface area contributed by atoms with Crippen LogP contribution in [0.2, 0.25) is 0 Å². The Morgan fingerprint density at radius 3 is 2.66 bits per heavy atom. The van der Waals surface area contributed by atoms with Gasteiger partial charge in [0.25, 0.3) is 11.5 Å². The molecule has 7 nitrogen and oxygen atoms in total. The van der Waals surface area contributed by atoms with Gasteiger partial charge in [0, 0.05) is 15.7 Å². The van der Waals surface area contributed by atoms with Crippen molar-refractivity contribution in [3.63, 3.8) is 0 Å². The zero-order chi connectivity index (χ0) is 22.4. The minimum absolute atomic E-state index is 0.0362. The molecule has 3 aromatic carbocycles. The van der Waals surface area contributed by atoms with Crippen LogP contribution < -0.4 is 10.9 Å². The van der Waals surface area contributed by atoms with Crippen molar-refractivity contribution < 1.29 is 14.7 Å². The molecule has 0 saturated carbocycles. The molecule has 2 heterocycles. The van der Waals surface area contributed by atoms with Crippen LogP contribution in [0.5, 0.6) is 0 Å². The molecule has 1 amide bonds. The van der Waals surface area contributed by atoms with E-state index in [1.54, 1.807) is 48.5 Å². The number of nitrogens with zero attached hydrogens (tertiary/aromatic N) is 2. The molecule has 8 heteroatoms. The first-order valence-corrected chi connectivity index (χ1v) is 10.4. The van der Waals surface area contributed by atoms with Gasteiger partial charge in [0.2, 0.25) is 0 Å². The highest BCUT2D eigenvalue weighted by Crippen LogP contribution is 2.35. The van der Waals surface area contributed by atoms with Crippen LogP contribution in [-0.4, -0.2) is 26.5 Å². The molecule has 1 aromatic heterocycles. The lowest BCUT2D eigenvalue weighted by Gasteiger charge is -2.12. The van der Waals surface area contributed by atoms with E-state index in [9.17, 15) is 19.5 Å². The van der Waals surface area contributed by atoms with E-state index in [0.29, 0.717) is 33.4 Å². The fraction of sp³-hybridized carbons (Fsp3) is 0. The maximum Gasteiger partial charge on any atom is 0.335 e. The van der Waals surface area contributed by atoms with Gasteiger partial charge in [-0.3, -0.25) is 14.2 Å². The molecule has 32 heavy (non-hydrogen) atoms. The minimum atomic E-state index is -1.11. The first-order valence-electron chi connectivity index (χ1n) is 9.61. The molecule has 5 rings (SSSR count). The van der Waals surface area contributed by atoms with Gasteiger partial charge in [0.15, 0.2) is 0 Å². The third-order valence-corrected chi connectivity index (χ3v) is 5.68. The number of carbonyl (C=O) groups is 2. The number of carboxylic acids is 1. The zero-order valence-corrected chi connectivity index (χ0v) is 18.0. The molecule has 1 aliphatic heterocycles. The molecule has 0 saturated heterocycles. The first-order chi connectivity index (χ1) is 15.4. The summed E-state index contributed by atoms with van der Waals surface area (Å²) in [6, 6.07) is 18.4. The predicted molar refractivity (Wildman–Crippen MR) is 125 cm³/mol. The molecule has 0 aliphatic carbocycles. The van der Waals surface area contributed by atoms with Crippen molar-refractivity contribution in [3.05, 3.63) is 98.5 Å². The molecular weight excluding hydrogens is 474 g/mol. The van der Waals surface area contributed by atoms with Gasteiger partial charge in [-0.15, -0.1) is 0 Å². The van der Waals surface area contributed by atoms with Crippen LogP contribution in [0.4, 0.5) is 5.69 Å². The molecule has 2 N–H and O–H groups in total. The molecule has 0 atom stereocenters. The summed E-state index contributed by atoms with van der Waals surface area (Å²) in [6.07, 6.45) is 1.55. The van der Waals surface area contributed by atoms with E-state index in [1.165, 1.54) is 16.7 Å². The lowest BCUT2D eigenvalue weighted by molar-refractivity contribution is -0.110. The molecule has 156 valence electrons. The Kier molecular flexibility index (Phi) is 4.71. The molecule has 4 aromatic rings. The topological polar surface area (TPSA) is 101 Å². The van der Waals surface area contributed by atoms with Gasteiger partial charge >= 0.3 is 5.97 Å². The predicted octanol–water partition coefficient (Wildman–Crippen LogP) is 4.34. The number of benzene rings is 3. The van der Waals surface area contributed by atoms with E-state index in [2.05, 4.69) is 26.2 Å². The summed E-state index contributed by atoms with van der Waals surface area (Å²) in [5, 5.41) is 12.6. The largest absolute Gasteiger partial charge is 0.478 e. The second kappa shape index (κ2) is 7.58. The first kappa shape index (κ1) is 19.9. The average Bonchev–Trinajstić information content (AvgIpc) is 3.08. The molecule has 0 bridgehead atoms. The highest BCUT2D eigenvalue weighted by Gasteiger charge is 2.25. The van der Waals surface area contributed by atoms with Crippen molar-refractivity contribution >= 4 is 56.0 Å². The number of rotatable bonds is 3. The molecule has 0 fully saturated rings. The van der Waals surface area contributed by atoms with Crippen molar-refractivity contribution in [1.82, 2.24) is 9.55 Å². The van der Waals surface area contributed by atoms with Crippen LogP contribution in [0, 0.1) is 0 Å².